The van der Waals surface area contributed by atoms with Crippen LogP contribution >= 0.6 is 0 Å². The molecule has 0 amide bonds. The molecule has 1 fully saturated rings. The van der Waals surface area contributed by atoms with E-state index in [0.29, 0.717) is 12.1 Å². The number of rotatable bonds is 6. The number of hydrogen-bond donors (Lipinski definition) is 2. The summed E-state index contributed by atoms with van der Waals surface area (Å²) in [6, 6.07) is 9.23. The van der Waals surface area contributed by atoms with E-state index in [1.54, 1.807) is 0 Å². The van der Waals surface area contributed by atoms with Crippen molar-refractivity contribution in [1.82, 2.24) is 10.2 Å². The van der Waals surface area contributed by atoms with Gasteiger partial charge in [-0.15, -0.1) is 0 Å². The molecule has 0 aromatic heterocycles. The lowest BCUT2D eigenvalue weighted by Gasteiger charge is -2.25. The third-order valence-corrected chi connectivity index (χ3v) is 4.20. The highest BCUT2D eigenvalue weighted by atomic mass is 16.3. The molecule has 2 unspecified atom stereocenters. The van der Waals surface area contributed by atoms with Crippen LogP contribution in [0.2, 0.25) is 0 Å². The standard InChI is InChI=1S/C16H26N2O/c1-3-18-9-5-8-16(18)11-17-13(2)15-7-4-6-14(10-15)12-19/h4,6-7,10,13,16-17,19H,3,5,8-9,11-12H2,1-2H3. The second-order valence-electron chi connectivity index (χ2n) is 5.46. The Morgan fingerprint density at radius 2 is 2.32 bits per heavy atom. The van der Waals surface area contributed by atoms with E-state index in [4.69, 9.17) is 0 Å². The van der Waals surface area contributed by atoms with Crippen LogP contribution in [-0.2, 0) is 6.61 Å². The van der Waals surface area contributed by atoms with Crippen molar-refractivity contribution in [3.8, 4) is 0 Å². The van der Waals surface area contributed by atoms with Gasteiger partial charge in [0, 0.05) is 18.6 Å². The van der Waals surface area contributed by atoms with E-state index in [1.807, 2.05) is 12.1 Å². The molecule has 1 aromatic rings. The second-order valence-corrected chi connectivity index (χ2v) is 5.46. The molecule has 106 valence electrons. The summed E-state index contributed by atoms with van der Waals surface area (Å²) in [5.41, 5.74) is 2.25. The van der Waals surface area contributed by atoms with Crippen LogP contribution in [0.1, 0.15) is 43.9 Å². The van der Waals surface area contributed by atoms with Crippen LogP contribution in [0, 0.1) is 0 Å². The molecule has 1 aliphatic heterocycles. The number of aliphatic hydroxyl groups is 1. The van der Waals surface area contributed by atoms with Crippen molar-refractivity contribution in [3.05, 3.63) is 35.4 Å². The Morgan fingerprint density at radius 1 is 1.47 bits per heavy atom. The molecule has 2 rings (SSSR count). The minimum atomic E-state index is 0.118. The predicted octanol–water partition coefficient (Wildman–Crippen LogP) is 2.31. The van der Waals surface area contributed by atoms with Crippen LogP contribution in [0.5, 0.6) is 0 Å². The molecule has 2 N–H and O–H groups in total. The smallest absolute Gasteiger partial charge is 0.0681 e. The third-order valence-electron chi connectivity index (χ3n) is 4.20. The van der Waals surface area contributed by atoms with Gasteiger partial charge in [0.05, 0.1) is 6.61 Å². The molecular formula is C16H26N2O. The fraction of sp³-hybridized carbons (Fsp3) is 0.625. The molecule has 3 nitrogen and oxygen atoms in total. The van der Waals surface area contributed by atoms with Crippen LogP contribution in [0.3, 0.4) is 0 Å². The highest BCUT2D eigenvalue weighted by Crippen LogP contribution is 2.18. The summed E-state index contributed by atoms with van der Waals surface area (Å²) in [5, 5.41) is 12.8. The first-order chi connectivity index (χ1) is 9.24. The first kappa shape index (κ1) is 14.5. The quantitative estimate of drug-likeness (QED) is 0.826. The second kappa shape index (κ2) is 7.04. The van der Waals surface area contributed by atoms with Crippen molar-refractivity contribution in [3.63, 3.8) is 0 Å². The lowest BCUT2D eigenvalue weighted by molar-refractivity contribution is 0.255. The molecule has 19 heavy (non-hydrogen) atoms. The largest absolute Gasteiger partial charge is 0.392 e. The van der Waals surface area contributed by atoms with Crippen LogP contribution in [-0.4, -0.2) is 35.7 Å². The van der Waals surface area contributed by atoms with Gasteiger partial charge in [-0.3, -0.25) is 4.90 Å². The van der Waals surface area contributed by atoms with Crippen molar-refractivity contribution in [2.45, 2.75) is 45.4 Å². The molecule has 2 atom stereocenters. The topological polar surface area (TPSA) is 35.5 Å². The van der Waals surface area contributed by atoms with Gasteiger partial charge in [0.2, 0.25) is 0 Å². The Hall–Kier alpha value is -0.900. The van der Waals surface area contributed by atoms with E-state index in [1.165, 1.54) is 24.9 Å². The molecule has 1 saturated heterocycles. The van der Waals surface area contributed by atoms with E-state index < -0.39 is 0 Å². The zero-order chi connectivity index (χ0) is 13.7. The molecule has 0 spiro atoms. The zero-order valence-corrected chi connectivity index (χ0v) is 12.1. The van der Waals surface area contributed by atoms with Gasteiger partial charge in [0.25, 0.3) is 0 Å². The maximum absolute atomic E-state index is 9.19. The molecule has 1 aliphatic rings. The number of likely N-dealkylation sites (N-methyl/N-ethyl adjacent to an activating group) is 1. The summed E-state index contributed by atoms with van der Waals surface area (Å²) in [6.45, 7) is 8.01. The Labute approximate surface area is 116 Å². The summed E-state index contributed by atoms with van der Waals surface area (Å²) in [5.74, 6) is 0. The lowest BCUT2D eigenvalue weighted by Crippen LogP contribution is -2.38. The first-order valence-electron chi connectivity index (χ1n) is 7.41. The van der Waals surface area contributed by atoms with Gasteiger partial charge in [0.1, 0.15) is 0 Å². The normalized spacial score (nSPS) is 21.7. The zero-order valence-electron chi connectivity index (χ0n) is 12.1. The molecule has 0 radical (unpaired) electrons. The summed E-state index contributed by atoms with van der Waals surface area (Å²) in [4.78, 5) is 2.56. The predicted molar refractivity (Wildman–Crippen MR) is 79.1 cm³/mol. The fourth-order valence-corrected chi connectivity index (χ4v) is 2.93. The Kier molecular flexibility index (Phi) is 5.37. The van der Waals surface area contributed by atoms with Gasteiger partial charge in [-0.05, 0) is 44.0 Å². The molecule has 1 heterocycles. The number of likely N-dealkylation sites (tertiary alicyclic amines) is 1. The van der Waals surface area contributed by atoms with Gasteiger partial charge >= 0.3 is 0 Å². The Balaban J connectivity index is 1.88. The van der Waals surface area contributed by atoms with Gasteiger partial charge in [-0.1, -0.05) is 31.2 Å². The first-order valence-corrected chi connectivity index (χ1v) is 7.41. The van der Waals surface area contributed by atoms with Crippen molar-refractivity contribution < 1.29 is 5.11 Å². The minimum Gasteiger partial charge on any atom is -0.392 e. The minimum absolute atomic E-state index is 0.118. The highest BCUT2D eigenvalue weighted by molar-refractivity contribution is 5.25. The van der Waals surface area contributed by atoms with Crippen LogP contribution in [0.25, 0.3) is 0 Å². The summed E-state index contributed by atoms with van der Waals surface area (Å²) >= 11 is 0. The van der Waals surface area contributed by atoms with Crippen molar-refractivity contribution in [1.29, 1.82) is 0 Å². The molecule has 0 aliphatic carbocycles. The number of hydrogen-bond acceptors (Lipinski definition) is 3. The van der Waals surface area contributed by atoms with E-state index >= 15 is 0 Å². The van der Waals surface area contributed by atoms with Gasteiger partial charge < -0.3 is 10.4 Å². The lowest BCUT2D eigenvalue weighted by atomic mass is 10.0. The van der Waals surface area contributed by atoms with Crippen LogP contribution in [0.4, 0.5) is 0 Å². The number of aliphatic hydroxyl groups excluding tert-OH is 1. The number of benzene rings is 1. The van der Waals surface area contributed by atoms with Crippen molar-refractivity contribution in [2.75, 3.05) is 19.6 Å². The molecular weight excluding hydrogens is 236 g/mol. The monoisotopic (exact) mass is 262 g/mol. The van der Waals surface area contributed by atoms with Crippen LogP contribution in [0.15, 0.2) is 24.3 Å². The van der Waals surface area contributed by atoms with Crippen molar-refractivity contribution in [2.24, 2.45) is 0 Å². The SMILES string of the molecule is CCN1CCCC1CNC(C)c1cccc(CO)c1. The average molecular weight is 262 g/mol. The molecule has 3 heteroatoms. The maximum Gasteiger partial charge on any atom is 0.0681 e. The van der Waals surface area contributed by atoms with Crippen LogP contribution < -0.4 is 5.32 Å². The van der Waals surface area contributed by atoms with E-state index in [2.05, 4.69) is 36.2 Å². The molecule has 1 aromatic carbocycles. The summed E-state index contributed by atoms with van der Waals surface area (Å²) in [7, 11) is 0. The third kappa shape index (κ3) is 3.78. The molecule has 0 saturated carbocycles. The summed E-state index contributed by atoms with van der Waals surface area (Å²) < 4.78 is 0. The van der Waals surface area contributed by atoms with Gasteiger partial charge in [0.15, 0.2) is 0 Å². The van der Waals surface area contributed by atoms with Crippen molar-refractivity contribution >= 4 is 0 Å². The molecule has 0 bridgehead atoms. The highest BCUT2D eigenvalue weighted by Gasteiger charge is 2.22. The number of nitrogens with one attached hydrogen (secondary N) is 1. The Morgan fingerprint density at radius 3 is 3.05 bits per heavy atom. The average Bonchev–Trinajstić information content (AvgIpc) is 2.92. The van der Waals surface area contributed by atoms with E-state index in [0.717, 1.165) is 18.7 Å². The van der Waals surface area contributed by atoms with Gasteiger partial charge in [-0.25, -0.2) is 0 Å². The fourth-order valence-electron chi connectivity index (χ4n) is 2.93. The van der Waals surface area contributed by atoms with E-state index in [-0.39, 0.29) is 6.61 Å². The van der Waals surface area contributed by atoms with E-state index in [9.17, 15) is 5.11 Å². The van der Waals surface area contributed by atoms with Gasteiger partial charge in [-0.2, -0.15) is 0 Å². The number of nitrogens with zero attached hydrogens (tertiary/aromatic N) is 1. The maximum atomic E-state index is 9.19. The summed E-state index contributed by atoms with van der Waals surface area (Å²) in [6.07, 6.45) is 2.64. The Bertz CT molecular complexity index is 394.